The topological polar surface area (TPSA) is 12.9 Å². The molecule has 0 fully saturated rings. The van der Waals surface area contributed by atoms with E-state index in [4.69, 9.17) is 0 Å². The molecule has 1 rings (SSSR count). The van der Waals surface area contributed by atoms with E-state index in [2.05, 4.69) is 55.5 Å². The van der Waals surface area contributed by atoms with Gasteiger partial charge in [0.2, 0.25) is 0 Å². The van der Waals surface area contributed by atoms with Crippen LogP contribution < -0.4 is 0 Å². The SMILES string of the molecule is Cc1nc(CCC(Br)C(C)(C)C)sc1C. The first-order valence-corrected chi connectivity index (χ1v) is 7.11. The first-order valence-electron chi connectivity index (χ1n) is 5.37. The highest BCUT2D eigenvalue weighted by molar-refractivity contribution is 9.09. The van der Waals surface area contributed by atoms with Crippen LogP contribution in [0.15, 0.2) is 0 Å². The zero-order valence-corrected chi connectivity index (χ0v) is 12.6. The minimum atomic E-state index is 0.335. The molecule has 1 aromatic heterocycles. The monoisotopic (exact) mass is 289 g/mol. The van der Waals surface area contributed by atoms with E-state index in [1.165, 1.54) is 15.6 Å². The lowest BCUT2D eigenvalue weighted by Gasteiger charge is -2.25. The van der Waals surface area contributed by atoms with Crippen LogP contribution in [0.25, 0.3) is 0 Å². The number of aryl methyl sites for hydroxylation is 3. The van der Waals surface area contributed by atoms with Gasteiger partial charge >= 0.3 is 0 Å². The van der Waals surface area contributed by atoms with Crippen molar-refractivity contribution in [3.8, 4) is 0 Å². The van der Waals surface area contributed by atoms with E-state index in [1.54, 1.807) is 0 Å². The maximum absolute atomic E-state index is 4.56. The number of hydrogen-bond donors (Lipinski definition) is 0. The molecule has 0 spiro atoms. The van der Waals surface area contributed by atoms with Gasteiger partial charge in [0.1, 0.15) is 0 Å². The molecule has 1 unspecified atom stereocenters. The normalized spacial score (nSPS) is 14.3. The fourth-order valence-electron chi connectivity index (χ4n) is 1.33. The van der Waals surface area contributed by atoms with Crippen molar-refractivity contribution in [2.75, 3.05) is 0 Å². The number of hydrogen-bond acceptors (Lipinski definition) is 2. The Morgan fingerprint density at radius 1 is 1.33 bits per heavy atom. The summed E-state index contributed by atoms with van der Waals surface area (Å²) in [6.45, 7) is 11.0. The number of halogens is 1. The van der Waals surface area contributed by atoms with Gasteiger partial charge < -0.3 is 0 Å². The van der Waals surface area contributed by atoms with Crippen molar-refractivity contribution in [3.05, 3.63) is 15.6 Å². The number of rotatable bonds is 3. The van der Waals surface area contributed by atoms with Crippen molar-refractivity contribution in [3.63, 3.8) is 0 Å². The molecular formula is C12H20BrNS. The maximum atomic E-state index is 4.56. The van der Waals surface area contributed by atoms with Crippen molar-refractivity contribution in [1.82, 2.24) is 4.98 Å². The van der Waals surface area contributed by atoms with E-state index in [-0.39, 0.29) is 0 Å². The minimum Gasteiger partial charge on any atom is -0.246 e. The van der Waals surface area contributed by atoms with Crippen LogP contribution in [-0.2, 0) is 6.42 Å². The predicted molar refractivity (Wildman–Crippen MR) is 72.1 cm³/mol. The average molecular weight is 290 g/mol. The molecule has 0 aromatic carbocycles. The second kappa shape index (κ2) is 4.96. The highest BCUT2D eigenvalue weighted by Crippen LogP contribution is 2.30. The van der Waals surface area contributed by atoms with E-state index < -0.39 is 0 Å². The Balaban J connectivity index is 2.51. The fraction of sp³-hybridized carbons (Fsp3) is 0.750. The van der Waals surface area contributed by atoms with Gasteiger partial charge in [0.05, 0.1) is 10.7 Å². The molecule has 0 aliphatic carbocycles. The van der Waals surface area contributed by atoms with Crippen molar-refractivity contribution < 1.29 is 0 Å². The van der Waals surface area contributed by atoms with Gasteiger partial charge in [-0.2, -0.15) is 0 Å². The summed E-state index contributed by atoms with van der Waals surface area (Å²) in [6, 6.07) is 0. The van der Waals surface area contributed by atoms with Crippen LogP contribution in [0.5, 0.6) is 0 Å². The average Bonchev–Trinajstić information content (AvgIpc) is 2.41. The summed E-state index contributed by atoms with van der Waals surface area (Å²) in [5, 5.41) is 1.28. The molecule has 1 atom stereocenters. The largest absolute Gasteiger partial charge is 0.246 e. The molecule has 0 amide bonds. The Bertz CT molecular complexity index is 305. The molecule has 0 N–H and O–H groups in total. The van der Waals surface area contributed by atoms with Crippen molar-refractivity contribution in [2.24, 2.45) is 5.41 Å². The number of nitrogens with zero attached hydrogens (tertiary/aromatic N) is 1. The summed E-state index contributed by atoms with van der Waals surface area (Å²) in [5.74, 6) is 0. The van der Waals surface area contributed by atoms with Gasteiger partial charge in [0.15, 0.2) is 0 Å². The second-order valence-corrected chi connectivity index (χ2v) is 7.51. The van der Waals surface area contributed by atoms with Crippen LogP contribution in [0.4, 0.5) is 0 Å². The van der Waals surface area contributed by atoms with Crippen LogP contribution >= 0.6 is 27.3 Å². The van der Waals surface area contributed by atoms with Gasteiger partial charge in [-0.05, 0) is 25.7 Å². The highest BCUT2D eigenvalue weighted by atomic mass is 79.9. The highest BCUT2D eigenvalue weighted by Gasteiger charge is 2.21. The first kappa shape index (κ1) is 13.2. The van der Waals surface area contributed by atoms with Gasteiger partial charge in [-0.25, -0.2) is 4.98 Å². The molecule has 1 aromatic rings. The minimum absolute atomic E-state index is 0.335. The molecule has 15 heavy (non-hydrogen) atoms. The van der Waals surface area contributed by atoms with Crippen LogP contribution in [-0.4, -0.2) is 9.81 Å². The van der Waals surface area contributed by atoms with Gasteiger partial charge in [-0.1, -0.05) is 36.7 Å². The summed E-state index contributed by atoms with van der Waals surface area (Å²) >= 11 is 5.59. The van der Waals surface area contributed by atoms with Crippen LogP contribution in [0.1, 0.15) is 42.8 Å². The zero-order chi connectivity index (χ0) is 11.6. The van der Waals surface area contributed by atoms with E-state index in [1.807, 2.05) is 11.3 Å². The van der Waals surface area contributed by atoms with Crippen molar-refractivity contribution >= 4 is 27.3 Å². The van der Waals surface area contributed by atoms with E-state index in [9.17, 15) is 0 Å². The quantitative estimate of drug-likeness (QED) is 0.747. The smallest absolute Gasteiger partial charge is 0.0931 e. The van der Waals surface area contributed by atoms with E-state index in [0.717, 1.165) is 12.8 Å². The summed E-state index contributed by atoms with van der Waals surface area (Å²) in [5.41, 5.74) is 1.53. The van der Waals surface area contributed by atoms with Crippen molar-refractivity contribution in [2.45, 2.75) is 52.3 Å². The summed E-state index contributed by atoms with van der Waals surface area (Å²) in [7, 11) is 0. The third-order valence-electron chi connectivity index (χ3n) is 2.62. The first-order chi connectivity index (χ1) is 6.80. The Hall–Kier alpha value is 0.110. The molecule has 0 aliphatic heterocycles. The molecule has 3 heteroatoms. The molecule has 0 bridgehead atoms. The Labute approximate surface area is 105 Å². The van der Waals surface area contributed by atoms with Gasteiger partial charge in [-0.15, -0.1) is 11.3 Å². The summed E-state index contributed by atoms with van der Waals surface area (Å²) in [6.07, 6.45) is 2.25. The van der Waals surface area contributed by atoms with E-state index >= 15 is 0 Å². The summed E-state index contributed by atoms with van der Waals surface area (Å²) < 4.78 is 0. The molecule has 0 radical (unpaired) electrons. The van der Waals surface area contributed by atoms with Gasteiger partial charge in [0, 0.05) is 16.1 Å². The van der Waals surface area contributed by atoms with Crippen LogP contribution in [0.2, 0.25) is 0 Å². The predicted octanol–water partition coefficient (Wildman–Crippen LogP) is 4.50. The van der Waals surface area contributed by atoms with Crippen molar-refractivity contribution in [1.29, 1.82) is 0 Å². The lowest BCUT2D eigenvalue weighted by molar-refractivity contribution is 0.385. The van der Waals surface area contributed by atoms with Crippen LogP contribution in [0, 0.1) is 19.3 Å². The van der Waals surface area contributed by atoms with Gasteiger partial charge in [0.25, 0.3) is 0 Å². The maximum Gasteiger partial charge on any atom is 0.0931 e. The molecule has 1 heterocycles. The molecule has 1 nitrogen and oxygen atoms in total. The molecule has 0 aliphatic rings. The van der Waals surface area contributed by atoms with Crippen LogP contribution in [0.3, 0.4) is 0 Å². The fourth-order valence-corrected chi connectivity index (χ4v) is 2.51. The molecule has 86 valence electrons. The lowest BCUT2D eigenvalue weighted by Crippen LogP contribution is -2.20. The third-order valence-corrected chi connectivity index (χ3v) is 5.59. The zero-order valence-electron chi connectivity index (χ0n) is 10.2. The molecule has 0 saturated heterocycles. The third kappa shape index (κ3) is 3.87. The standard InChI is InChI=1S/C12H20BrNS/c1-8-9(2)15-11(14-8)7-6-10(13)12(3,4)5/h10H,6-7H2,1-5H3. The Morgan fingerprint density at radius 2 is 1.93 bits per heavy atom. The van der Waals surface area contributed by atoms with E-state index in [0.29, 0.717) is 10.2 Å². The summed E-state index contributed by atoms with van der Waals surface area (Å²) in [4.78, 5) is 6.48. The number of thiazole rings is 1. The number of aromatic nitrogens is 1. The second-order valence-electron chi connectivity index (χ2n) is 5.12. The molecular weight excluding hydrogens is 270 g/mol. The van der Waals surface area contributed by atoms with Gasteiger partial charge in [-0.3, -0.25) is 0 Å². The molecule has 0 saturated carbocycles. The number of alkyl halides is 1. The Morgan fingerprint density at radius 3 is 2.33 bits per heavy atom. The lowest BCUT2D eigenvalue weighted by atomic mass is 9.90. The Kier molecular flexibility index (Phi) is 4.36.